The SMILES string of the molecule is Nc1ccc2nc3[nH]nc(-c4ccccc4F)n3c2c1. The predicted molar refractivity (Wildman–Crippen MR) is 74.7 cm³/mol. The summed E-state index contributed by atoms with van der Waals surface area (Å²) in [6.45, 7) is 0. The molecule has 98 valence electrons. The molecule has 2 heterocycles. The number of imidazole rings is 1. The summed E-state index contributed by atoms with van der Waals surface area (Å²) in [5.74, 6) is 0.710. The smallest absolute Gasteiger partial charge is 0.230 e. The van der Waals surface area contributed by atoms with Crippen molar-refractivity contribution in [3.63, 3.8) is 0 Å². The first-order valence-corrected chi connectivity index (χ1v) is 6.11. The highest BCUT2D eigenvalue weighted by molar-refractivity contribution is 5.84. The van der Waals surface area contributed by atoms with Gasteiger partial charge < -0.3 is 5.73 Å². The molecule has 0 aliphatic carbocycles. The zero-order valence-electron chi connectivity index (χ0n) is 10.3. The second-order valence-corrected chi connectivity index (χ2v) is 4.55. The van der Waals surface area contributed by atoms with Gasteiger partial charge in [-0.2, -0.15) is 5.10 Å². The number of H-pyrrole nitrogens is 1. The monoisotopic (exact) mass is 267 g/mol. The lowest BCUT2D eigenvalue weighted by Gasteiger charge is -2.01. The molecule has 0 aliphatic rings. The molecule has 0 aliphatic heterocycles. The predicted octanol–water partition coefficient (Wildman–Crippen LogP) is 2.60. The summed E-state index contributed by atoms with van der Waals surface area (Å²) >= 11 is 0. The number of hydrogen-bond acceptors (Lipinski definition) is 3. The molecule has 0 unspecified atom stereocenters. The fourth-order valence-corrected chi connectivity index (χ4v) is 2.36. The number of hydrogen-bond donors (Lipinski definition) is 2. The van der Waals surface area contributed by atoms with E-state index in [2.05, 4.69) is 15.2 Å². The molecule has 0 fully saturated rings. The summed E-state index contributed by atoms with van der Waals surface area (Å²) in [5, 5.41) is 6.98. The third-order valence-corrected chi connectivity index (χ3v) is 3.27. The molecule has 6 heteroatoms. The van der Waals surface area contributed by atoms with Gasteiger partial charge in [0.25, 0.3) is 0 Å². The number of aromatic amines is 1. The van der Waals surface area contributed by atoms with Crippen LogP contribution in [0.15, 0.2) is 42.5 Å². The Morgan fingerprint density at radius 2 is 2.00 bits per heavy atom. The van der Waals surface area contributed by atoms with Gasteiger partial charge in [-0.3, -0.25) is 4.40 Å². The quantitative estimate of drug-likeness (QED) is 0.521. The molecule has 5 nitrogen and oxygen atoms in total. The summed E-state index contributed by atoms with van der Waals surface area (Å²) in [6, 6.07) is 11.9. The lowest BCUT2D eigenvalue weighted by molar-refractivity contribution is 0.630. The van der Waals surface area contributed by atoms with Gasteiger partial charge in [-0.15, -0.1) is 0 Å². The number of nitrogen functional groups attached to an aromatic ring is 1. The van der Waals surface area contributed by atoms with E-state index in [0.717, 1.165) is 11.0 Å². The van der Waals surface area contributed by atoms with E-state index >= 15 is 0 Å². The van der Waals surface area contributed by atoms with Crippen LogP contribution < -0.4 is 5.73 Å². The number of nitrogens with two attached hydrogens (primary N) is 1. The van der Waals surface area contributed by atoms with Crippen molar-refractivity contribution in [3.8, 4) is 11.4 Å². The molecule has 2 aromatic heterocycles. The Morgan fingerprint density at radius 3 is 2.85 bits per heavy atom. The highest BCUT2D eigenvalue weighted by atomic mass is 19.1. The maximum Gasteiger partial charge on any atom is 0.230 e. The lowest BCUT2D eigenvalue weighted by Crippen LogP contribution is -1.92. The van der Waals surface area contributed by atoms with Crippen molar-refractivity contribution < 1.29 is 4.39 Å². The molecule has 3 N–H and O–H groups in total. The number of nitrogens with zero attached hydrogens (tertiary/aromatic N) is 3. The highest BCUT2D eigenvalue weighted by Crippen LogP contribution is 2.26. The van der Waals surface area contributed by atoms with Crippen LogP contribution in [0.3, 0.4) is 0 Å². The van der Waals surface area contributed by atoms with Gasteiger partial charge in [0.2, 0.25) is 5.78 Å². The molecular formula is C14H10FN5. The summed E-state index contributed by atoms with van der Waals surface area (Å²) < 4.78 is 15.7. The number of fused-ring (bicyclic) bond motifs is 3. The van der Waals surface area contributed by atoms with Crippen LogP contribution in [-0.4, -0.2) is 19.6 Å². The van der Waals surface area contributed by atoms with Crippen molar-refractivity contribution in [2.45, 2.75) is 0 Å². The Morgan fingerprint density at radius 1 is 1.15 bits per heavy atom. The van der Waals surface area contributed by atoms with Gasteiger partial charge >= 0.3 is 0 Å². The Balaban J connectivity index is 2.13. The number of nitrogens with one attached hydrogen (secondary N) is 1. The van der Waals surface area contributed by atoms with Gasteiger partial charge in [0.15, 0.2) is 5.82 Å². The molecule has 0 atom stereocenters. The second-order valence-electron chi connectivity index (χ2n) is 4.55. The zero-order chi connectivity index (χ0) is 13.7. The molecule has 0 saturated heterocycles. The molecule has 0 spiro atoms. The van der Waals surface area contributed by atoms with Gasteiger partial charge in [0, 0.05) is 5.69 Å². The molecule has 0 amide bonds. The van der Waals surface area contributed by atoms with E-state index in [1.54, 1.807) is 34.7 Å². The Labute approximate surface area is 112 Å². The van der Waals surface area contributed by atoms with Crippen LogP contribution in [0.4, 0.5) is 10.1 Å². The van der Waals surface area contributed by atoms with Crippen LogP contribution >= 0.6 is 0 Å². The van der Waals surface area contributed by atoms with Gasteiger partial charge in [0.05, 0.1) is 16.6 Å². The van der Waals surface area contributed by atoms with Crippen LogP contribution in [0.2, 0.25) is 0 Å². The number of anilines is 1. The average Bonchev–Trinajstić information content (AvgIpc) is 2.99. The van der Waals surface area contributed by atoms with Crippen molar-refractivity contribution in [3.05, 3.63) is 48.3 Å². The normalized spacial score (nSPS) is 11.4. The fourth-order valence-electron chi connectivity index (χ4n) is 2.36. The van der Waals surface area contributed by atoms with Gasteiger partial charge in [-0.25, -0.2) is 14.5 Å². The minimum absolute atomic E-state index is 0.327. The van der Waals surface area contributed by atoms with Crippen LogP contribution in [0.1, 0.15) is 0 Å². The van der Waals surface area contributed by atoms with Crippen LogP contribution in [-0.2, 0) is 0 Å². The molecule has 4 rings (SSSR count). The van der Waals surface area contributed by atoms with Crippen molar-refractivity contribution in [1.29, 1.82) is 0 Å². The Hall–Kier alpha value is -2.89. The number of halogens is 1. The van der Waals surface area contributed by atoms with Gasteiger partial charge in [0.1, 0.15) is 5.82 Å². The van der Waals surface area contributed by atoms with Crippen LogP contribution in [0.25, 0.3) is 28.2 Å². The summed E-state index contributed by atoms with van der Waals surface area (Å²) in [5.41, 5.74) is 8.44. The van der Waals surface area contributed by atoms with Gasteiger partial charge in [-0.05, 0) is 30.3 Å². The first-order valence-electron chi connectivity index (χ1n) is 6.11. The first-order chi connectivity index (χ1) is 9.74. The van der Waals surface area contributed by atoms with E-state index in [1.165, 1.54) is 6.07 Å². The van der Waals surface area contributed by atoms with E-state index in [9.17, 15) is 4.39 Å². The zero-order valence-corrected chi connectivity index (χ0v) is 10.3. The number of rotatable bonds is 1. The highest BCUT2D eigenvalue weighted by Gasteiger charge is 2.15. The summed E-state index contributed by atoms with van der Waals surface area (Å²) in [6.07, 6.45) is 0. The largest absolute Gasteiger partial charge is 0.399 e. The van der Waals surface area contributed by atoms with E-state index in [4.69, 9.17) is 5.73 Å². The standard InChI is InChI=1S/C14H10FN5/c15-10-4-2-1-3-9(10)13-18-19-14-17-11-6-5-8(16)7-12(11)20(13)14/h1-7H,16H2,(H,17,19). The van der Waals surface area contributed by atoms with E-state index in [0.29, 0.717) is 22.9 Å². The Kier molecular flexibility index (Phi) is 2.09. The first kappa shape index (κ1) is 11.0. The fraction of sp³-hybridized carbons (Fsp3) is 0. The second kappa shape index (κ2) is 3.80. The van der Waals surface area contributed by atoms with Crippen molar-refractivity contribution >= 4 is 22.5 Å². The number of aromatic nitrogens is 4. The molecule has 0 radical (unpaired) electrons. The molecule has 0 saturated carbocycles. The average molecular weight is 267 g/mol. The van der Waals surface area contributed by atoms with E-state index in [-0.39, 0.29) is 5.82 Å². The molecule has 4 aromatic rings. The Bertz CT molecular complexity index is 937. The van der Waals surface area contributed by atoms with E-state index in [1.807, 2.05) is 6.07 Å². The maximum absolute atomic E-state index is 14.0. The van der Waals surface area contributed by atoms with Crippen molar-refractivity contribution in [1.82, 2.24) is 19.6 Å². The third-order valence-electron chi connectivity index (χ3n) is 3.27. The van der Waals surface area contributed by atoms with Crippen LogP contribution in [0, 0.1) is 5.82 Å². The van der Waals surface area contributed by atoms with E-state index < -0.39 is 0 Å². The molecule has 20 heavy (non-hydrogen) atoms. The molecular weight excluding hydrogens is 257 g/mol. The van der Waals surface area contributed by atoms with Crippen molar-refractivity contribution in [2.75, 3.05) is 5.73 Å². The number of benzene rings is 2. The molecule has 0 bridgehead atoms. The topological polar surface area (TPSA) is 72.0 Å². The lowest BCUT2D eigenvalue weighted by atomic mass is 10.2. The van der Waals surface area contributed by atoms with Crippen LogP contribution in [0.5, 0.6) is 0 Å². The maximum atomic E-state index is 14.0. The molecule has 2 aromatic carbocycles. The third kappa shape index (κ3) is 1.41. The minimum atomic E-state index is -0.327. The van der Waals surface area contributed by atoms with Gasteiger partial charge in [-0.1, -0.05) is 12.1 Å². The van der Waals surface area contributed by atoms with Crippen molar-refractivity contribution in [2.24, 2.45) is 0 Å². The summed E-state index contributed by atoms with van der Waals surface area (Å²) in [4.78, 5) is 4.40. The summed E-state index contributed by atoms with van der Waals surface area (Å²) in [7, 11) is 0. The minimum Gasteiger partial charge on any atom is -0.399 e.